The lowest BCUT2D eigenvalue weighted by molar-refractivity contribution is 0.509. The van der Waals surface area contributed by atoms with E-state index in [0.29, 0.717) is 23.2 Å². The molecular weight excluding hydrogens is 436 g/mol. The van der Waals surface area contributed by atoms with Crippen molar-refractivity contribution in [2.75, 3.05) is 36.4 Å². The fraction of sp³-hybridized carbons (Fsp3) is 0.280. The van der Waals surface area contributed by atoms with Crippen LogP contribution in [0.15, 0.2) is 48.9 Å². The maximum absolute atomic E-state index is 13.6. The molecule has 4 aromatic rings. The standard InChI is InChI=1S/C25H23F2N7/c26-19-4-3-17(12-20(19)27)31-22-11-16(5-6-30-22)24-32-21-14-29-13-18(15-1-2-15)23(21)25(33-24)34-9-7-28-8-10-34/h3-6,11-15,28H,1-2,7-10H2,(H,30,31). The molecule has 1 aromatic carbocycles. The fourth-order valence-electron chi connectivity index (χ4n) is 4.39. The molecule has 2 N–H and O–H groups in total. The van der Waals surface area contributed by atoms with Crippen molar-refractivity contribution in [3.63, 3.8) is 0 Å². The molecule has 0 amide bonds. The lowest BCUT2D eigenvalue weighted by Crippen LogP contribution is -2.44. The summed E-state index contributed by atoms with van der Waals surface area (Å²) < 4.78 is 26.9. The molecule has 1 saturated heterocycles. The van der Waals surface area contributed by atoms with Crippen LogP contribution in [0.3, 0.4) is 0 Å². The Morgan fingerprint density at radius 3 is 2.62 bits per heavy atom. The van der Waals surface area contributed by atoms with Gasteiger partial charge >= 0.3 is 0 Å². The van der Waals surface area contributed by atoms with E-state index >= 15 is 0 Å². The van der Waals surface area contributed by atoms with Gasteiger partial charge in [-0.2, -0.15) is 0 Å². The van der Waals surface area contributed by atoms with Gasteiger partial charge in [-0.15, -0.1) is 0 Å². The second-order valence-corrected chi connectivity index (χ2v) is 8.69. The Kier molecular flexibility index (Phi) is 5.26. The van der Waals surface area contributed by atoms with E-state index in [-0.39, 0.29) is 0 Å². The number of benzene rings is 1. The third-order valence-electron chi connectivity index (χ3n) is 6.26. The molecule has 172 valence electrons. The van der Waals surface area contributed by atoms with Gasteiger partial charge in [-0.1, -0.05) is 0 Å². The van der Waals surface area contributed by atoms with Gasteiger partial charge in [-0.05, 0) is 48.6 Å². The Balaban J connectivity index is 1.42. The fourth-order valence-corrected chi connectivity index (χ4v) is 4.39. The minimum absolute atomic E-state index is 0.405. The Hall–Kier alpha value is -3.72. The number of rotatable bonds is 5. The van der Waals surface area contributed by atoms with Crippen molar-refractivity contribution in [3.8, 4) is 11.4 Å². The van der Waals surface area contributed by atoms with Crippen LogP contribution in [0.2, 0.25) is 0 Å². The van der Waals surface area contributed by atoms with Crippen molar-refractivity contribution in [2.45, 2.75) is 18.8 Å². The van der Waals surface area contributed by atoms with Crippen LogP contribution in [-0.4, -0.2) is 46.1 Å². The zero-order valence-corrected chi connectivity index (χ0v) is 18.4. The molecule has 34 heavy (non-hydrogen) atoms. The summed E-state index contributed by atoms with van der Waals surface area (Å²) in [6.07, 6.45) is 7.76. The number of pyridine rings is 2. The minimum Gasteiger partial charge on any atom is -0.353 e. The Morgan fingerprint density at radius 1 is 0.971 bits per heavy atom. The summed E-state index contributed by atoms with van der Waals surface area (Å²) >= 11 is 0. The average Bonchev–Trinajstić information content (AvgIpc) is 3.71. The van der Waals surface area contributed by atoms with Gasteiger partial charge in [0.05, 0.1) is 11.7 Å². The van der Waals surface area contributed by atoms with E-state index < -0.39 is 11.6 Å². The third-order valence-corrected chi connectivity index (χ3v) is 6.26. The second-order valence-electron chi connectivity index (χ2n) is 8.69. The molecule has 9 heteroatoms. The minimum atomic E-state index is -0.918. The first-order valence-corrected chi connectivity index (χ1v) is 11.5. The molecule has 2 fully saturated rings. The molecule has 4 heterocycles. The lowest BCUT2D eigenvalue weighted by Gasteiger charge is -2.30. The normalized spacial score (nSPS) is 16.1. The van der Waals surface area contributed by atoms with Crippen LogP contribution in [0.4, 0.5) is 26.1 Å². The third kappa shape index (κ3) is 4.03. The van der Waals surface area contributed by atoms with Gasteiger partial charge < -0.3 is 15.5 Å². The number of fused-ring (bicyclic) bond motifs is 1. The van der Waals surface area contributed by atoms with E-state index in [4.69, 9.17) is 9.97 Å². The van der Waals surface area contributed by atoms with Gasteiger partial charge in [0.15, 0.2) is 17.5 Å². The first-order valence-electron chi connectivity index (χ1n) is 11.5. The van der Waals surface area contributed by atoms with Crippen LogP contribution in [0.1, 0.15) is 24.3 Å². The highest BCUT2D eigenvalue weighted by atomic mass is 19.2. The zero-order valence-electron chi connectivity index (χ0n) is 18.4. The van der Waals surface area contributed by atoms with Gasteiger partial charge in [0.25, 0.3) is 0 Å². The van der Waals surface area contributed by atoms with Crippen molar-refractivity contribution >= 4 is 28.2 Å². The first kappa shape index (κ1) is 20.9. The summed E-state index contributed by atoms with van der Waals surface area (Å²) in [5.74, 6) is 0.722. The van der Waals surface area contributed by atoms with Crippen molar-refractivity contribution in [1.29, 1.82) is 0 Å². The molecule has 3 aromatic heterocycles. The predicted molar refractivity (Wildman–Crippen MR) is 127 cm³/mol. The van der Waals surface area contributed by atoms with Crippen LogP contribution < -0.4 is 15.5 Å². The van der Waals surface area contributed by atoms with Gasteiger partial charge in [0.2, 0.25) is 0 Å². The summed E-state index contributed by atoms with van der Waals surface area (Å²) in [6.45, 7) is 3.55. The molecule has 1 aliphatic heterocycles. The predicted octanol–water partition coefficient (Wildman–Crippen LogP) is 4.40. The maximum atomic E-state index is 13.6. The molecule has 0 atom stereocenters. The Morgan fingerprint density at radius 2 is 1.82 bits per heavy atom. The number of piperazine rings is 1. The summed E-state index contributed by atoms with van der Waals surface area (Å²) in [4.78, 5) is 21.0. The van der Waals surface area contributed by atoms with E-state index in [2.05, 4.69) is 25.5 Å². The zero-order chi connectivity index (χ0) is 23.1. The van der Waals surface area contributed by atoms with Crippen LogP contribution in [0.25, 0.3) is 22.3 Å². The summed E-state index contributed by atoms with van der Waals surface area (Å²) in [5, 5.41) is 7.52. The van der Waals surface area contributed by atoms with Gasteiger partial charge in [-0.3, -0.25) is 4.98 Å². The molecule has 0 unspecified atom stereocenters. The number of hydrogen-bond donors (Lipinski definition) is 2. The SMILES string of the molecule is Fc1ccc(Nc2cc(-c3nc(N4CCNCC4)c4c(C5CC5)cncc4n3)ccn2)cc1F. The quantitative estimate of drug-likeness (QED) is 0.458. The highest BCUT2D eigenvalue weighted by Crippen LogP contribution is 2.44. The lowest BCUT2D eigenvalue weighted by atomic mass is 10.1. The number of anilines is 3. The van der Waals surface area contributed by atoms with Crippen molar-refractivity contribution in [3.05, 3.63) is 66.1 Å². The van der Waals surface area contributed by atoms with Crippen molar-refractivity contribution in [2.24, 2.45) is 0 Å². The molecule has 0 radical (unpaired) electrons. The van der Waals surface area contributed by atoms with Crippen LogP contribution in [0.5, 0.6) is 0 Å². The maximum Gasteiger partial charge on any atom is 0.162 e. The van der Waals surface area contributed by atoms with Crippen molar-refractivity contribution in [1.82, 2.24) is 25.3 Å². The van der Waals surface area contributed by atoms with E-state index in [1.807, 2.05) is 18.3 Å². The second kappa shape index (κ2) is 8.57. The van der Waals surface area contributed by atoms with E-state index in [0.717, 1.165) is 60.6 Å². The smallest absolute Gasteiger partial charge is 0.162 e. The average molecular weight is 460 g/mol. The Bertz CT molecular complexity index is 1370. The topological polar surface area (TPSA) is 78.9 Å². The van der Waals surface area contributed by atoms with E-state index in [1.165, 1.54) is 24.5 Å². The Labute approximate surface area is 195 Å². The van der Waals surface area contributed by atoms with Crippen molar-refractivity contribution < 1.29 is 8.78 Å². The van der Waals surface area contributed by atoms with E-state index in [9.17, 15) is 8.78 Å². The molecule has 2 aliphatic rings. The number of nitrogens with zero attached hydrogens (tertiary/aromatic N) is 5. The van der Waals surface area contributed by atoms with E-state index in [1.54, 1.807) is 12.4 Å². The number of nitrogens with one attached hydrogen (secondary N) is 2. The molecule has 6 rings (SSSR count). The summed E-state index contributed by atoms with van der Waals surface area (Å²) in [5.41, 5.74) is 3.24. The monoisotopic (exact) mass is 459 g/mol. The molecule has 1 saturated carbocycles. The largest absolute Gasteiger partial charge is 0.353 e. The number of hydrogen-bond acceptors (Lipinski definition) is 7. The molecule has 0 spiro atoms. The highest BCUT2D eigenvalue weighted by molar-refractivity contribution is 5.94. The highest BCUT2D eigenvalue weighted by Gasteiger charge is 2.29. The summed E-state index contributed by atoms with van der Waals surface area (Å²) in [6, 6.07) is 7.30. The van der Waals surface area contributed by atoms with Gasteiger partial charge in [0.1, 0.15) is 11.6 Å². The molecular formula is C25H23F2N7. The van der Waals surface area contributed by atoms with Gasteiger partial charge in [0, 0.05) is 61.3 Å². The summed E-state index contributed by atoms with van der Waals surface area (Å²) in [7, 11) is 0. The molecule has 7 nitrogen and oxygen atoms in total. The van der Waals surface area contributed by atoms with Gasteiger partial charge in [-0.25, -0.2) is 23.7 Å². The molecule has 1 aliphatic carbocycles. The van der Waals surface area contributed by atoms with Crippen LogP contribution in [0, 0.1) is 11.6 Å². The first-order chi connectivity index (χ1) is 16.7. The van der Waals surface area contributed by atoms with Crippen LogP contribution in [-0.2, 0) is 0 Å². The number of aromatic nitrogens is 4. The molecule has 0 bridgehead atoms. The number of halogens is 2. The van der Waals surface area contributed by atoms with Crippen LogP contribution >= 0.6 is 0 Å².